The van der Waals surface area contributed by atoms with Crippen molar-refractivity contribution in [3.8, 4) is 5.75 Å². The van der Waals surface area contributed by atoms with Crippen LogP contribution in [0.3, 0.4) is 0 Å². The lowest BCUT2D eigenvalue weighted by atomic mass is 9.94. The Kier molecular flexibility index (Phi) is 7.45. The highest BCUT2D eigenvalue weighted by molar-refractivity contribution is 6.30. The van der Waals surface area contributed by atoms with E-state index in [0.29, 0.717) is 28.3 Å². The van der Waals surface area contributed by atoms with E-state index in [-0.39, 0.29) is 17.6 Å². The summed E-state index contributed by atoms with van der Waals surface area (Å²) in [5.74, 6) is 0.793. The fraction of sp³-hybridized carbons (Fsp3) is 0.417. The Morgan fingerprint density at radius 1 is 1.00 bits per heavy atom. The van der Waals surface area contributed by atoms with Crippen LogP contribution in [0, 0.1) is 0 Å². The number of methoxy groups -OCH3 is 1. The molecule has 0 bridgehead atoms. The number of carbonyl (C=O) groups is 2. The summed E-state index contributed by atoms with van der Waals surface area (Å²) in [4.78, 5) is 27.7. The summed E-state index contributed by atoms with van der Waals surface area (Å²) in [6.45, 7) is 3.36. The molecule has 1 fully saturated rings. The Labute approximate surface area is 177 Å². The minimum Gasteiger partial charge on any atom is -0.496 e. The zero-order valence-electron chi connectivity index (χ0n) is 17.1. The van der Waals surface area contributed by atoms with E-state index < -0.39 is 0 Å². The monoisotopic (exact) mass is 413 g/mol. The number of benzene rings is 2. The average Bonchev–Trinajstić information content (AvgIpc) is 3.01. The fourth-order valence-electron chi connectivity index (χ4n) is 3.97. The number of ether oxygens (including phenoxy) is 1. The third-order valence-corrected chi connectivity index (χ3v) is 5.86. The maximum atomic E-state index is 13.5. The molecule has 0 radical (unpaired) electrons. The molecule has 0 aliphatic carbocycles. The Hall–Kier alpha value is -2.17. The molecule has 3 rings (SSSR count). The molecular formula is C24H28ClNO3. The molecular weight excluding hydrogens is 386 g/mol. The molecule has 1 aliphatic rings. The minimum absolute atomic E-state index is 0.00394. The Balaban J connectivity index is 1.96. The van der Waals surface area contributed by atoms with Gasteiger partial charge in [-0.15, -0.1) is 0 Å². The third kappa shape index (κ3) is 5.46. The Bertz CT molecular complexity index is 855. The molecule has 0 saturated carbocycles. The van der Waals surface area contributed by atoms with Gasteiger partial charge in [-0.3, -0.25) is 14.5 Å². The van der Waals surface area contributed by atoms with Crippen LogP contribution in [-0.4, -0.2) is 42.7 Å². The zero-order chi connectivity index (χ0) is 20.8. The van der Waals surface area contributed by atoms with Crippen molar-refractivity contribution in [3.05, 3.63) is 64.2 Å². The van der Waals surface area contributed by atoms with E-state index in [0.717, 1.165) is 31.5 Å². The maximum Gasteiger partial charge on any atom is 0.180 e. The molecule has 0 spiro atoms. The molecule has 1 atom stereocenters. The Morgan fingerprint density at radius 3 is 2.21 bits per heavy atom. The normalized spacial score (nSPS) is 16.1. The van der Waals surface area contributed by atoms with Gasteiger partial charge in [-0.2, -0.15) is 0 Å². The standard InChI is InChI=1S/C24H28ClNO3/c1-17(27)19-9-12-23(29-2)20(15-19)16-22(26-13-5-3-4-6-14-26)24(28)18-7-10-21(25)11-8-18/h7-12,15,22H,3-6,13-14,16H2,1-2H3/t22-/m0/s1. The number of Topliss-reactive ketones (excluding diaryl/α,β-unsaturated/α-hetero) is 2. The van der Waals surface area contributed by atoms with E-state index in [1.54, 1.807) is 44.4 Å². The van der Waals surface area contributed by atoms with Crippen molar-refractivity contribution in [3.63, 3.8) is 0 Å². The summed E-state index contributed by atoms with van der Waals surface area (Å²) in [5.41, 5.74) is 2.18. The van der Waals surface area contributed by atoms with Crippen molar-refractivity contribution in [2.24, 2.45) is 0 Å². The van der Waals surface area contributed by atoms with E-state index in [1.807, 2.05) is 12.1 Å². The predicted octanol–water partition coefficient (Wildman–Crippen LogP) is 5.22. The first kappa shape index (κ1) is 21.5. The number of halogens is 1. The number of ketones is 2. The van der Waals surface area contributed by atoms with Gasteiger partial charge < -0.3 is 4.74 Å². The minimum atomic E-state index is -0.301. The molecule has 5 heteroatoms. The van der Waals surface area contributed by atoms with Gasteiger partial charge in [0.2, 0.25) is 0 Å². The quantitative estimate of drug-likeness (QED) is 0.583. The van der Waals surface area contributed by atoms with Crippen LogP contribution in [0.15, 0.2) is 42.5 Å². The number of hydrogen-bond donors (Lipinski definition) is 0. The van der Waals surface area contributed by atoms with Gasteiger partial charge in [0.05, 0.1) is 13.2 Å². The molecule has 29 heavy (non-hydrogen) atoms. The topological polar surface area (TPSA) is 46.6 Å². The molecule has 0 unspecified atom stereocenters. The molecule has 0 aromatic heterocycles. The highest BCUT2D eigenvalue weighted by Crippen LogP contribution is 2.26. The molecule has 1 saturated heterocycles. The molecule has 1 heterocycles. The van der Waals surface area contributed by atoms with Gasteiger partial charge in [-0.05, 0) is 87.3 Å². The van der Waals surface area contributed by atoms with Crippen LogP contribution in [0.25, 0.3) is 0 Å². The summed E-state index contributed by atoms with van der Waals surface area (Å²) in [6, 6.07) is 12.2. The lowest BCUT2D eigenvalue weighted by Gasteiger charge is -2.30. The van der Waals surface area contributed by atoms with E-state index in [2.05, 4.69) is 4.90 Å². The van der Waals surface area contributed by atoms with Crippen LogP contribution in [-0.2, 0) is 6.42 Å². The number of rotatable bonds is 7. The number of nitrogens with zero attached hydrogens (tertiary/aromatic N) is 1. The van der Waals surface area contributed by atoms with Gasteiger partial charge in [-0.25, -0.2) is 0 Å². The molecule has 1 aliphatic heterocycles. The van der Waals surface area contributed by atoms with Gasteiger partial charge >= 0.3 is 0 Å². The van der Waals surface area contributed by atoms with Crippen LogP contribution in [0.2, 0.25) is 5.02 Å². The second-order valence-corrected chi connectivity index (χ2v) is 8.06. The van der Waals surface area contributed by atoms with Gasteiger partial charge in [0, 0.05) is 16.1 Å². The van der Waals surface area contributed by atoms with Crippen LogP contribution in [0.1, 0.15) is 58.9 Å². The zero-order valence-corrected chi connectivity index (χ0v) is 17.9. The Morgan fingerprint density at radius 2 is 1.62 bits per heavy atom. The molecule has 154 valence electrons. The van der Waals surface area contributed by atoms with E-state index in [4.69, 9.17) is 16.3 Å². The summed E-state index contributed by atoms with van der Waals surface area (Å²) in [7, 11) is 1.62. The van der Waals surface area contributed by atoms with Crippen molar-refractivity contribution >= 4 is 23.2 Å². The number of carbonyl (C=O) groups excluding carboxylic acids is 2. The van der Waals surface area contributed by atoms with E-state index in [1.165, 1.54) is 12.8 Å². The summed E-state index contributed by atoms with van der Waals surface area (Å²) >= 11 is 6.01. The van der Waals surface area contributed by atoms with Crippen LogP contribution < -0.4 is 4.74 Å². The maximum absolute atomic E-state index is 13.5. The molecule has 2 aromatic carbocycles. The lowest BCUT2D eigenvalue weighted by Crippen LogP contribution is -2.43. The predicted molar refractivity (Wildman–Crippen MR) is 116 cm³/mol. The van der Waals surface area contributed by atoms with Crippen LogP contribution in [0.5, 0.6) is 5.75 Å². The van der Waals surface area contributed by atoms with Crippen molar-refractivity contribution in [2.75, 3.05) is 20.2 Å². The fourth-order valence-corrected chi connectivity index (χ4v) is 4.09. The molecule has 0 amide bonds. The van der Waals surface area contributed by atoms with Crippen LogP contribution >= 0.6 is 11.6 Å². The largest absolute Gasteiger partial charge is 0.496 e. The second kappa shape index (κ2) is 10.0. The average molecular weight is 414 g/mol. The summed E-state index contributed by atoms with van der Waals surface area (Å²) < 4.78 is 5.54. The summed E-state index contributed by atoms with van der Waals surface area (Å²) in [6.07, 6.45) is 5.08. The van der Waals surface area contributed by atoms with E-state index in [9.17, 15) is 9.59 Å². The smallest absolute Gasteiger partial charge is 0.180 e. The van der Waals surface area contributed by atoms with Gasteiger partial charge in [0.15, 0.2) is 11.6 Å². The van der Waals surface area contributed by atoms with Crippen LogP contribution in [0.4, 0.5) is 0 Å². The molecule has 4 nitrogen and oxygen atoms in total. The lowest BCUT2D eigenvalue weighted by molar-refractivity contribution is 0.0820. The first-order chi connectivity index (χ1) is 14.0. The van der Waals surface area contributed by atoms with Gasteiger partial charge in [0.1, 0.15) is 5.75 Å². The molecule has 2 aromatic rings. The van der Waals surface area contributed by atoms with Gasteiger partial charge in [0.25, 0.3) is 0 Å². The first-order valence-corrected chi connectivity index (χ1v) is 10.6. The third-order valence-electron chi connectivity index (χ3n) is 5.61. The summed E-state index contributed by atoms with van der Waals surface area (Å²) in [5, 5.41) is 0.615. The number of likely N-dealkylation sites (tertiary alicyclic amines) is 1. The van der Waals surface area contributed by atoms with Crippen molar-refractivity contribution in [1.82, 2.24) is 4.90 Å². The van der Waals surface area contributed by atoms with Gasteiger partial charge in [-0.1, -0.05) is 24.4 Å². The van der Waals surface area contributed by atoms with E-state index >= 15 is 0 Å². The van der Waals surface area contributed by atoms with Crippen molar-refractivity contribution in [1.29, 1.82) is 0 Å². The number of hydrogen-bond acceptors (Lipinski definition) is 4. The van der Waals surface area contributed by atoms with Crippen molar-refractivity contribution in [2.45, 2.75) is 45.1 Å². The SMILES string of the molecule is COc1ccc(C(C)=O)cc1C[C@@H](C(=O)c1ccc(Cl)cc1)N1CCCCCC1. The van der Waals surface area contributed by atoms with Crippen molar-refractivity contribution < 1.29 is 14.3 Å². The first-order valence-electron chi connectivity index (χ1n) is 10.2. The highest BCUT2D eigenvalue weighted by atomic mass is 35.5. The molecule has 0 N–H and O–H groups in total. The highest BCUT2D eigenvalue weighted by Gasteiger charge is 2.29. The second-order valence-electron chi connectivity index (χ2n) is 7.62.